The molecule has 0 unspecified atom stereocenters. The van der Waals surface area contributed by atoms with Gasteiger partial charge < -0.3 is 5.73 Å². The molecule has 6 nitrogen and oxygen atoms in total. The van der Waals surface area contributed by atoms with Crippen molar-refractivity contribution in [1.82, 2.24) is 9.97 Å². The van der Waals surface area contributed by atoms with Gasteiger partial charge in [0.25, 0.3) is 5.91 Å². The van der Waals surface area contributed by atoms with E-state index in [1.807, 2.05) is 0 Å². The first kappa shape index (κ1) is 11.6. The molecule has 1 heterocycles. The molecule has 0 aliphatic rings. The average molecular weight is 229 g/mol. The molecular weight excluding hydrogens is 218 g/mol. The number of hydrogen-bond donors (Lipinski definition) is 1. The molecule has 0 bridgehead atoms. The monoisotopic (exact) mass is 229 g/mol. The molecule has 2 N–H and O–H groups in total. The van der Waals surface area contributed by atoms with E-state index in [-0.39, 0.29) is 16.5 Å². The van der Waals surface area contributed by atoms with Crippen molar-refractivity contribution in [3.8, 4) is 0 Å². The summed E-state index contributed by atoms with van der Waals surface area (Å²) in [6.45, 7) is 1.74. The van der Waals surface area contributed by atoms with Crippen LogP contribution in [0.1, 0.15) is 23.8 Å². The minimum atomic E-state index is -3.45. The lowest BCUT2D eigenvalue weighted by Gasteiger charge is -2.01. The first-order valence-electron chi connectivity index (χ1n) is 4.32. The fourth-order valence-corrected chi connectivity index (χ4v) is 2.20. The summed E-state index contributed by atoms with van der Waals surface area (Å²) in [4.78, 5) is 18.0. The molecule has 0 fully saturated rings. The van der Waals surface area contributed by atoms with Crippen LogP contribution in [0.2, 0.25) is 0 Å². The summed E-state index contributed by atoms with van der Waals surface area (Å²) in [6.07, 6.45) is 2.72. The molecule has 0 aliphatic heterocycles. The largest absolute Gasteiger partial charge is 0.364 e. The number of amides is 1. The molecule has 0 saturated carbocycles. The topological polar surface area (TPSA) is 103 Å². The van der Waals surface area contributed by atoms with Gasteiger partial charge in [-0.3, -0.25) is 9.78 Å². The van der Waals surface area contributed by atoms with Gasteiger partial charge in [-0.2, -0.15) is 0 Å². The Bertz CT molecular complexity index is 470. The second kappa shape index (κ2) is 4.35. The second-order valence-corrected chi connectivity index (χ2v) is 4.98. The Kier molecular flexibility index (Phi) is 3.35. The van der Waals surface area contributed by atoms with Gasteiger partial charge in [-0.15, -0.1) is 0 Å². The van der Waals surface area contributed by atoms with Crippen LogP contribution in [-0.2, 0) is 9.84 Å². The van der Waals surface area contributed by atoms with Crippen molar-refractivity contribution < 1.29 is 13.2 Å². The normalized spacial score (nSPS) is 11.3. The highest BCUT2D eigenvalue weighted by molar-refractivity contribution is 7.91. The van der Waals surface area contributed by atoms with E-state index in [1.54, 1.807) is 6.92 Å². The molecule has 1 amide bonds. The molecule has 1 rings (SSSR count). The van der Waals surface area contributed by atoms with E-state index < -0.39 is 15.7 Å². The summed E-state index contributed by atoms with van der Waals surface area (Å²) in [7, 11) is -3.45. The van der Waals surface area contributed by atoms with Gasteiger partial charge in [-0.1, -0.05) is 6.92 Å². The number of rotatable bonds is 4. The third-order valence-electron chi connectivity index (χ3n) is 1.66. The summed E-state index contributed by atoms with van der Waals surface area (Å²) in [5, 5.41) is -0.208. The van der Waals surface area contributed by atoms with E-state index in [1.165, 1.54) is 0 Å². The van der Waals surface area contributed by atoms with Gasteiger partial charge in [-0.05, 0) is 6.42 Å². The van der Waals surface area contributed by atoms with Gasteiger partial charge in [0, 0.05) is 0 Å². The smallest absolute Gasteiger partial charge is 0.268 e. The van der Waals surface area contributed by atoms with Crippen LogP contribution in [0.25, 0.3) is 0 Å². The molecule has 0 aliphatic carbocycles. The van der Waals surface area contributed by atoms with Crippen molar-refractivity contribution in [3.05, 3.63) is 18.1 Å². The molecule has 0 atom stereocenters. The SMILES string of the molecule is CCCS(=O)(=O)c1cncc(C(N)=O)n1. The third-order valence-corrected chi connectivity index (χ3v) is 3.44. The Balaban J connectivity index is 3.16. The lowest BCUT2D eigenvalue weighted by molar-refractivity contribution is 0.0994. The lowest BCUT2D eigenvalue weighted by atomic mass is 10.4. The summed E-state index contributed by atoms with van der Waals surface area (Å²) < 4.78 is 23.1. The second-order valence-electron chi connectivity index (χ2n) is 2.93. The maximum absolute atomic E-state index is 11.6. The van der Waals surface area contributed by atoms with Crippen LogP contribution in [0.3, 0.4) is 0 Å². The van der Waals surface area contributed by atoms with E-state index >= 15 is 0 Å². The highest BCUT2D eigenvalue weighted by Gasteiger charge is 2.16. The fraction of sp³-hybridized carbons (Fsp3) is 0.375. The number of sulfone groups is 1. The minimum Gasteiger partial charge on any atom is -0.364 e. The van der Waals surface area contributed by atoms with Crippen LogP contribution in [0.15, 0.2) is 17.4 Å². The van der Waals surface area contributed by atoms with Crippen LogP contribution in [0.4, 0.5) is 0 Å². The number of primary amides is 1. The Morgan fingerprint density at radius 1 is 1.47 bits per heavy atom. The number of carbonyl (C=O) groups is 1. The van der Waals surface area contributed by atoms with E-state index in [9.17, 15) is 13.2 Å². The van der Waals surface area contributed by atoms with E-state index in [4.69, 9.17) is 5.73 Å². The molecule has 0 aromatic carbocycles. The predicted octanol–water partition coefficient (Wildman–Crippen LogP) is -0.241. The van der Waals surface area contributed by atoms with Gasteiger partial charge in [0.2, 0.25) is 0 Å². The summed E-state index contributed by atoms with van der Waals surface area (Å²) in [5.41, 5.74) is 4.82. The number of nitrogens with two attached hydrogens (primary N) is 1. The van der Waals surface area contributed by atoms with Crippen LogP contribution in [-0.4, -0.2) is 30.0 Å². The third kappa shape index (κ3) is 2.72. The molecule has 0 radical (unpaired) electrons. The van der Waals surface area contributed by atoms with E-state index in [2.05, 4.69) is 9.97 Å². The summed E-state index contributed by atoms with van der Waals surface area (Å²) >= 11 is 0. The maximum atomic E-state index is 11.6. The Morgan fingerprint density at radius 3 is 2.67 bits per heavy atom. The Morgan fingerprint density at radius 2 is 2.13 bits per heavy atom. The van der Waals surface area contributed by atoms with Crippen LogP contribution in [0, 0.1) is 0 Å². The summed E-state index contributed by atoms with van der Waals surface area (Å²) in [5.74, 6) is -0.819. The van der Waals surface area contributed by atoms with E-state index in [0.717, 1.165) is 12.4 Å². The highest BCUT2D eigenvalue weighted by atomic mass is 32.2. The number of carbonyl (C=O) groups excluding carboxylic acids is 1. The van der Waals surface area contributed by atoms with Gasteiger partial charge >= 0.3 is 0 Å². The highest BCUT2D eigenvalue weighted by Crippen LogP contribution is 2.07. The molecule has 1 aromatic heterocycles. The van der Waals surface area contributed by atoms with Gasteiger partial charge in [-0.25, -0.2) is 13.4 Å². The standard InChI is InChI=1S/C8H11N3O3S/c1-2-3-15(13,14)7-5-10-4-6(11-7)8(9)12/h4-5H,2-3H2,1H3,(H2,9,12). The molecule has 1 aromatic rings. The van der Waals surface area contributed by atoms with Crippen LogP contribution < -0.4 is 5.73 Å². The van der Waals surface area contributed by atoms with Crippen molar-refractivity contribution in [2.75, 3.05) is 5.75 Å². The number of aromatic nitrogens is 2. The predicted molar refractivity (Wildman–Crippen MR) is 52.9 cm³/mol. The quantitative estimate of drug-likeness (QED) is 0.767. The maximum Gasteiger partial charge on any atom is 0.268 e. The average Bonchev–Trinajstić information content (AvgIpc) is 2.18. The molecule has 0 saturated heterocycles. The number of hydrogen-bond acceptors (Lipinski definition) is 5. The van der Waals surface area contributed by atoms with Crippen molar-refractivity contribution in [2.45, 2.75) is 18.4 Å². The molecule has 15 heavy (non-hydrogen) atoms. The van der Waals surface area contributed by atoms with Crippen molar-refractivity contribution in [3.63, 3.8) is 0 Å². The van der Waals surface area contributed by atoms with Crippen LogP contribution in [0.5, 0.6) is 0 Å². The van der Waals surface area contributed by atoms with E-state index in [0.29, 0.717) is 6.42 Å². The molecule has 82 valence electrons. The molecule has 7 heteroatoms. The van der Waals surface area contributed by atoms with Crippen molar-refractivity contribution in [1.29, 1.82) is 0 Å². The van der Waals surface area contributed by atoms with Gasteiger partial charge in [0.15, 0.2) is 14.9 Å². The Labute approximate surface area is 87.5 Å². The van der Waals surface area contributed by atoms with Crippen molar-refractivity contribution in [2.24, 2.45) is 5.73 Å². The Hall–Kier alpha value is -1.50. The number of nitrogens with zero attached hydrogens (tertiary/aromatic N) is 2. The first-order chi connectivity index (χ1) is 6.97. The lowest BCUT2D eigenvalue weighted by Crippen LogP contribution is -2.16. The first-order valence-corrected chi connectivity index (χ1v) is 5.97. The molecular formula is C8H11N3O3S. The zero-order chi connectivity index (χ0) is 11.5. The van der Waals surface area contributed by atoms with Gasteiger partial charge in [0.1, 0.15) is 5.69 Å². The zero-order valence-corrected chi connectivity index (χ0v) is 8.99. The zero-order valence-electron chi connectivity index (χ0n) is 8.17. The van der Waals surface area contributed by atoms with Crippen LogP contribution >= 0.6 is 0 Å². The van der Waals surface area contributed by atoms with Gasteiger partial charge in [0.05, 0.1) is 18.1 Å². The fourth-order valence-electron chi connectivity index (χ4n) is 0.990. The summed E-state index contributed by atoms with van der Waals surface area (Å²) in [6, 6.07) is 0. The molecule has 0 spiro atoms. The van der Waals surface area contributed by atoms with Crippen molar-refractivity contribution >= 4 is 15.7 Å². The minimum absolute atomic E-state index is 0.0239.